The molecule has 0 aromatic heterocycles. The smallest absolute Gasteiger partial charge is 0.244 e. The van der Waals surface area contributed by atoms with Crippen LogP contribution >= 0.6 is 11.6 Å². The van der Waals surface area contributed by atoms with Gasteiger partial charge >= 0.3 is 0 Å². The number of halogens is 1. The summed E-state index contributed by atoms with van der Waals surface area (Å²) in [5.41, 5.74) is 3.26. The maximum Gasteiger partial charge on any atom is 0.244 e. The normalized spacial score (nSPS) is 10.3. The zero-order valence-corrected chi connectivity index (χ0v) is 15.5. The summed E-state index contributed by atoms with van der Waals surface area (Å²) in [6.07, 6.45) is 0. The lowest BCUT2D eigenvalue weighted by Crippen LogP contribution is -2.37. The molecule has 0 heterocycles. The Hall–Kier alpha value is -2.53. The number of methoxy groups -OCH3 is 1. The first-order chi connectivity index (χ1) is 11.8. The molecule has 25 heavy (non-hydrogen) atoms. The third-order valence-electron chi connectivity index (χ3n) is 3.99. The first-order valence-electron chi connectivity index (χ1n) is 7.81. The van der Waals surface area contributed by atoms with Crippen LogP contribution in [0.15, 0.2) is 36.4 Å². The molecule has 0 aliphatic rings. The van der Waals surface area contributed by atoms with Crippen molar-refractivity contribution < 1.29 is 14.3 Å². The van der Waals surface area contributed by atoms with E-state index < -0.39 is 0 Å². The van der Waals surface area contributed by atoms with Gasteiger partial charge < -0.3 is 10.1 Å². The van der Waals surface area contributed by atoms with Crippen molar-refractivity contribution in [1.82, 2.24) is 0 Å². The number of hydrogen-bond acceptors (Lipinski definition) is 3. The Bertz CT molecular complexity index is 805. The Morgan fingerprint density at radius 1 is 1.20 bits per heavy atom. The summed E-state index contributed by atoms with van der Waals surface area (Å²) in [7, 11) is 1.50. The second kappa shape index (κ2) is 8.03. The predicted octanol–water partition coefficient (Wildman–Crippen LogP) is 3.96. The number of ether oxygens (including phenoxy) is 1. The highest BCUT2D eigenvalue weighted by Gasteiger charge is 2.20. The third-order valence-corrected chi connectivity index (χ3v) is 4.23. The van der Waals surface area contributed by atoms with Gasteiger partial charge in [-0.25, -0.2) is 0 Å². The van der Waals surface area contributed by atoms with Gasteiger partial charge in [0, 0.05) is 17.6 Å². The molecule has 2 aromatic rings. The lowest BCUT2D eigenvalue weighted by atomic mass is 10.1. The highest BCUT2D eigenvalue weighted by atomic mass is 35.5. The van der Waals surface area contributed by atoms with Crippen molar-refractivity contribution in [3.05, 3.63) is 52.5 Å². The lowest BCUT2D eigenvalue weighted by Gasteiger charge is -2.23. The first-order valence-corrected chi connectivity index (χ1v) is 8.19. The number of rotatable bonds is 5. The fraction of sp³-hybridized carbons (Fsp3) is 0.263. The molecule has 0 saturated heterocycles. The molecule has 5 nitrogen and oxygen atoms in total. The molecular weight excluding hydrogens is 340 g/mol. The van der Waals surface area contributed by atoms with Crippen molar-refractivity contribution in [1.29, 1.82) is 0 Å². The Morgan fingerprint density at radius 2 is 1.92 bits per heavy atom. The molecule has 132 valence electrons. The molecule has 0 atom stereocenters. The van der Waals surface area contributed by atoms with Crippen molar-refractivity contribution in [2.24, 2.45) is 0 Å². The highest BCUT2D eigenvalue weighted by molar-refractivity contribution is 6.31. The number of aryl methyl sites for hydroxylation is 1. The molecule has 6 heteroatoms. The van der Waals surface area contributed by atoms with Crippen molar-refractivity contribution in [3.63, 3.8) is 0 Å². The van der Waals surface area contributed by atoms with Crippen LogP contribution in [-0.4, -0.2) is 25.5 Å². The van der Waals surface area contributed by atoms with Crippen molar-refractivity contribution in [2.45, 2.75) is 20.8 Å². The summed E-state index contributed by atoms with van der Waals surface area (Å²) >= 11 is 6.03. The summed E-state index contributed by atoms with van der Waals surface area (Å²) in [5, 5.41) is 3.31. The van der Waals surface area contributed by atoms with E-state index in [1.54, 1.807) is 18.2 Å². The van der Waals surface area contributed by atoms with Crippen LogP contribution in [0.2, 0.25) is 5.02 Å². The number of nitrogens with zero attached hydrogens (tertiary/aromatic N) is 1. The standard InChI is InChI=1S/C19H21ClN2O3/c1-12-6-5-7-16(13(12)2)21-19(24)11-22(14(3)23)17-10-15(20)8-9-18(17)25-4/h5-10H,11H2,1-4H3,(H,21,24). The fourth-order valence-corrected chi connectivity index (χ4v) is 2.63. The number of carbonyl (C=O) groups is 2. The van der Waals surface area contributed by atoms with E-state index in [4.69, 9.17) is 16.3 Å². The van der Waals surface area contributed by atoms with Gasteiger partial charge in [-0.3, -0.25) is 14.5 Å². The maximum atomic E-state index is 12.5. The van der Waals surface area contributed by atoms with Gasteiger partial charge in [-0.15, -0.1) is 0 Å². The summed E-state index contributed by atoms with van der Waals surface area (Å²) in [5.74, 6) is -0.109. The van der Waals surface area contributed by atoms with E-state index in [1.807, 2.05) is 32.0 Å². The van der Waals surface area contributed by atoms with Gasteiger partial charge in [0.15, 0.2) is 0 Å². The van der Waals surface area contributed by atoms with E-state index in [0.29, 0.717) is 16.5 Å². The SMILES string of the molecule is COc1ccc(Cl)cc1N(CC(=O)Nc1cccc(C)c1C)C(C)=O. The average Bonchev–Trinajstić information content (AvgIpc) is 2.56. The van der Waals surface area contributed by atoms with Crippen LogP contribution in [0.5, 0.6) is 5.75 Å². The third kappa shape index (κ3) is 4.51. The molecule has 0 aliphatic carbocycles. The molecule has 0 saturated carbocycles. The van der Waals surface area contributed by atoms with Crippen LogP contribution in [-0.2, 0) is 9.59 Å². The number of benzene rings is 2. The van der Waals surface area contributed by atoms with Gasteiger partial charge in [-0.1, -0.05) is 23.7 Å². The van der Waals surface area contributed by atoms with E-state index in [1.165, 1.54) is 18.9 Å². The summed E-state index contributed by atoms with van der Waals surface area (Å²) < 4.78 is 5.28. The molecule has 2 amide bonds. The summed E-state index contributed by atoms with van der Waals surface area (Å²) in [6.45, 7) is 5.17. The number of carbonyl (C=O) groups excluding carboxylic acids is 2. The van der Waals surface area contributed by atoms with E-state index in [-0.39, 0.29) is 18.4 Å². The van der Waals surface area contributed by atoms with Crippen LogP contribution in [0.3, 0.4) is 0 Å². The molecule has 0 bridgehead atoms. The van der Waals surface area contributed by atoms with Crippen LogP contribution < -0.4 is 15.0 Å². The zero-order valence-electron chi connectivity index (χ0n) is 14.7. The molecule has 0 radical (unpaired) electrons. The molecule has 2 aromatic carbocycles. The van der Waals surface area contributed by atoms with Crippen LogP contribution in [0.1, 0.15) is 18.1 Å². The van der Waals surface area contributed by atoms with Gasteiger partial charge in [0.2, 0.25) is 11.8 Å². The van der Waals surface area contributed by atoms with Gasteiger partial charge in [0.05, 0.1) is 12.8 Å². The Morgan fingerprint density at radius 3 is 2.56 bits per heavy atom. The molecule has 0 aliphatic heterocycles. The average molecular weight is 361 g/mol. The van der Waals surface area contributed by atoms with E-state index in [2.05, 4.69) is 5.32 Å². The quantitative estimate of drug-likeness (QED) is 0.878. The topological polar surface area (TPSA) is 58.6 Å². The minimum atomic E-state index is -0.300. The highest BCUT2D eigenvalue weighted by Crippen LogP contribution is 2.31. The van der Waals surface area contributed by atoms with E-state index in [9.17, 15) is 9.59 Å². The lowest BCUT2D eigenvalue weighted by molar-refractivity contribution is -0.120. The van der Waals surface area contributed by atoms with Crippen LogP contribution in [0.4, 0.5) is 11.4 Å². The first kappa shape index (κ1) is 18.8. The van der Waals surface area contributed by atoms with Gasteiger partial charge in [0.1, 0.15) is 12.3 Å². The van der Waals surface area contributed by atoms with Crippen LogP contribution in [0, 0.1) is 13.8 Å². The molecular formula is C19H21ClN2O3. The minimum absolute atomic E-state index is 0.139. The van der Waals surface area contributed by atoms with Crippen molar-refractivity contribution >= 4 is 34.8 Å². The zero-order chi connectivity index (χ0) is 18.6. The van der Waals surface area contributed by atoms with Crippen LogP contribution in [0.25, 0.3) is 0 Å². The Balaban J connectivity index is 2.25. The summed E-state index contributed by atoms with van der Waals surface area (Å²) in [6, 6.07) is 10.6. The molecule has 2 rings (SSSR count). The minimum Gasteiger partial charge on any atom is -0.495 e. The van der Waals surface area contributed by atoms with Gasteiger partial charge in [-0.05, 0) is 49.2 Å². The monoisotopic (exact) mass is 360 g/mol. The number of amides is 2. The van der Waals surface area contributed by atoms with Crippen molar-refractivity contribution in [3.8, 4) is 5.75 Å². The van der Waals surface area contributed by atoms with Gasteiger partial charge in [-0.2, -0.15) is 0 Å². The summed E-state index contributed by atoms with van der Waals surface area (Å²) in [4.78, 5) is 25.9. The Labute approximate surface area is 152 Å². The maximum absolute atomic E-state index is 12.5. The number of nitrogens with one attached hydrogen (secondary N) is 1. The Kier molecular flexibility index (Phi) is 6.04. The predicted molar refractivity (Wildman–Crippen MR) is 101 cm³/mol. The van der Waals surface area contributed by atoms with E-state index in [0.717, 1.165) is 16.8 Å². The van der Waals surface area contributed by atoms with E-state index >= 15 is 0 Å². The number of anilines is 2. The van der Waals surface area contributed by atoms with Gasteiger partial charge in [0.25, 0.3) is 0 Å². The second-order valence-electron chi connectivity index (χ2n) is 5.72. The molecule has 0 unspecified atom stereocenters. The molecule has 0 spiro atoms. The largest absolute Gasteiger partial charge is 0.495 e. The molecule has 0 fully saturated rings. The second-order valence-corrected chi connectivity index (χ2v) is 6.15. The fourth-order valence-electron chi connectivity index (χ4n) is 2.46. The van der Waals surface area contributed by atoms with Crippen molar-refractivity contribution in [2.75, 3.05) is 23.9 Å². The number of hydrogen-bond donors (Lipinski definition) is 1. The molecule has 1 N–H and O–H groups in total.